The van der Waals surface area contributed by atoms with E-state index in [-0.39, 0.29) is 24.2 Å². The standard InChI is InChI=1S/C19H22N4O3/c1-13-20-16(26-21-13)10-17(24)23-9-8-19(12-23)15(11-22(2)18(19)25)14-6-4-3-5-7-14/h3-7,15H,8-12H2,1-2H3/t15-,19+/m1/s1. The summed E-state index contributed by atoms with van der Waals surface area (Å²) in [6.07, 6.45) is 0.765. The molecule has 1 aromatic heterocycles. The lowest BCUT2D eigenvalue weighted by Gasteiger charge is -2.28. The van der Waals surface area contributed by atoms with E-state index in [1.807, 2.05) is 25.2 Å². The maximum atomic E-state index is 13.0. The van der Waals surface area contributed by atoms with Crippen molar-refractivity contribution in [2.45, 2.75) is 25.7 Å². The van der Waals surface area contributed by atoms with Crippen molar-refractivity contribution < 1.29 is 14.1 Å². The minimum atomic E-state index is -0.531. The SMILES string of the molecule is Cc1noc(CC(=O)N2CC[C@@]3(C2)C(=O)N(C)C[C@@H]3c2ccccc2)n1. The molecule has 0 N–H and O–H groups in total. The number of hydrogen-bond acceptors (Lipinski definition) is 5. The van der Waals surface area contributed by atoms with Gasteiger partial charge >= 0.3 is 0 Å². The summed E-state index contributed by atoms with van der Waals surface area (Å²) >= 11 is 0. The predicted octanol–water partition coefficient (Wildman–Crippen LogP) is 1.40. The number of carbonyl (C=O) groups excluding carboxylic acids is 2. The van der Waals surface area contributed by atoms with Gasteiger partial charge in [-0.05, 0) is 18.9 Å². The number of carbonyl (C=O) groups is 2. The molecule has 2 saturated heterocycles. The van der Waals surface area contributed by atoms with Gasteiger partial charge in [-0.2, -0.15) is 4.98 Å². The van der Waals surface area contributed by atoms with E-state index in [9.17, 15) is 9.59 Å². The van der Waals surface area contributed by atoms with Crippen LogP contribution in [-0.2, 0) is 16.0 Å². The smallest absolute Gasteiger partial charge is 0.236 e. The molecule has 26 heavy (non-hydrogen) atoms. The van der Waals surface area contributed by atoms with Gasteiger partial charge in [0, 0.05) is 32.6 Å². The van der Waals surface area contributed by atoms with Gasteiger partial charge in [-0.3, -0.25) is 9.59 Å². The molecule has 0 bridgehead atoms. The molecule has 0 radical (unpaired) electrons. The summed E-state index contributed by atoms with van der Waals surface area (Å²) in [6, 6.07) is 10.1. The van der Waals surface area contributed by atoms with Crippen molar-refractivity contribution in [3.63, 3.8) is 0 Å². The highest BCUT2D eigenvalue weighted by atomic mass is 16.5. The van der Waals surface area contributed by atoms with E-state index in [0.29, 0.717) is 37.8 Å². The van der Waals surface area contributed by atoms with Gasteiger partial charge in [-0.25, -0.2) is 0 Å². The zero-order chi connectivity index (χ0) is 18.3. The van der Waals surface area contributed by atoms with Crippen LogP contribution in [0.3, 0.4) is 0 Å². The van der Waals surface area contributed by atoms with E-state index in [0.717, 1.165) is 5.56 Å². The van der Waals surface area contributed by atoms with Crippen LogP contribution in [0.5, 0.6) is 0 Å². The number of amides is 2. The second-order valence-electron chi connectivity index (χ2n) is 7.28. The first-order chi connectivity index (χ1) is 12.5. The van der Waals surface area contributed by atoms with Crippen LogP contribution in [0.25, 0.3) is 0 Å². The highest BCUT2D eigenvalue weighted by molar-refractivity contribution is 5.89. The van der Waals surface area contributed by atoms with Crippen molar-refractivity contribution in [2.75, 3.05) is 26.7 Å². The third-order valence-electron chi connectivity index (χ3n) is 5.62. The summed E-state index contributed by atoms with van der Waals surface area (Å²) in [7, 11) is 1.85. The van der Waals surface area contributed by atoms with Crippen LogP contribution in [-0.4, -0.2) is 58.4 Å². The van der Waals surface area contributed by atoms with Crippen LogP contribution in [0.2, 0.25) is 0 Å². The second-order valence-corrected chi connectivity index (χ2v) is 7.28. The van der Waals surface area contributed by atoms with Gasteiger partial charge in [0.05, 0.1) is 5.41 Å². The lowest BCUT2D eigenvalue weighted by Crippen LogP contribution is -2.39. The van der Waals surface area contributed by atoms with Gasteiger partial charge in [-0.15, -0.1) is 0 Å². The van der Waals surface area contributed by atoms with Crippen molar-refractivity contribution in [1.29, 1.82) is 0 Å². The number of aryl methyl sites for hydroxylation is 1. The minimum absolute atomic E-state index is 0.0697. The Labute approximate surface area is 152 Å². The van der Waals surface area contributed by atoms with Crippen molar-refractivity contribution in [1.82, 2.24) is 19.9 Å². The number of benzene rings is 1. The Morgan fingerprint density at radius 2 is 2.12 bits per heavy atom. The molecule has 3 heterocycles. The Hall–Kier alpha value is -2.70. The van der Waals surface area contributed by atoms with Crippen LogP contribution in [0.1, 0.15) is 29.6 Å². The Bertz CT molecular complexity index is 834. The number of likely N-dealkylation sites (tertiary alicyclic amines) is 2. The van der Waals surface area contributed by atoms with E-state index in [2.05, 4.69) is 22.3 Å². The van der Waals surface area contributed by atoms with E-state index in [4.69, 9.17) is 4.52 Å². The Kier molecular flexibility index (Phi) is 4.01. The number of nitrogens with zero attached hydrogens (tertiary/aromatic N) is 4. The normalized spacial score (nSPS) is 25.5. The molecule has 1 aromatic carbocycles. The number of likely N-dealkylation sites (N-methyl/N-ethyl adjacent to an activating group) is 1. The summed E-state index contributed by atoms with van der Waals surface area (Å²) in [4.78, 5) is 33.3. The topological polar surface area (TPSA) is 79.5 Å². The lowest BCUT2D eigenvalue weighted by molar-refractivity contribution is -0.135. The molecule has 2 aromatic rings. The molecule has 2 aliphatic heterocycles. The van der Waals surface area contributed by atoms with Crippen molar-refractivity contribution >= 4 is 11.8 Å². The van der Waals surface area contributed by atoms with Crippen LogP contribution in [0, 0.1) is 12.3 Å². The number of aromatic nitrogens is 2. The first kappa shape index (κ1) is 16.8. The lowest BCUT2D eigenvalue weighted by atomic mass is 9.73. The molecule has 2 atom stereocenters. The monoisotopic (exact) mass is 354 g/mol. The molecule has 7 heteroatoms. The zero-order valence-corrected chi connectivity index (χ0v) is 15.0. The maximum absolute atomic E-state index is 13.0. The highest BCUT2D eigenvalue weighted by Gasteiger charge is 2.57. The molecule has 0 unspecified atom stereocenters. The van der Waals surface area contributed by atoms with Crippen molar-refractivity contribution in [3.8, 4) is 0 Å². The van der Waals surface area contributed by atoms with Crippen molar-refractivity contribution in [3.05, 3.63) is 47.6 Å². The quantitative estimate of drug-likeness (QED) is 0.832. The van der Waals surface area contributed by atoms with Gasteiger partial charge in [-0.1, -0.05) is 35.5 Å². The molecule has 2 amide bonds. The summed E-state index contributed by atoms with van der Waals surface area (Å²) in [6.45, 7) is 3.43. The van der Waals surface area contributed by atoms with Gasteiger partial charge in [0.2, 0.25) is 17.7 Å². The summed E-state index contributed by atoms with van der Waals surface area (Å²) in [5.41, 5.74) is 0.628. The van der Waals surface area contributed by atoms with Gasteiger partial charge < -0.3 is 14.3 Å². The first-order valence-corrected chi connectivity index (χ1v) is 8.87. The third-order valence-corrected chi connectivity index (χ3v) is 5.62. The zero-order valence-electron chi connectivity index (χ0n) is 15.0. The van der Waals surface area contributed by atoms with E-state index in [1.165, 1.54) is 0 Å². The van der Waals surface area contributed by atoms with Gasteiger partial charge in [0.1, 0.15) is 6.42 Å². The average Bonchev–Trinajstić information content (AvgIpc) is 3.32. The molecule has 7 nitrogen and oxygen atoms in total. The maximum Gasteiger partial charge on any atom is 0.236 e. The largest absolute Gasteiger partial charge is 0.345 e. The van der Waals surface area contributed by atoms with Gasteiger partial charge in [0.15, 0.2) is 5.82 Å². The molecule has 2 fully saturated rings. The fraction of sp³-hybridized carbons (Fsp3) is 0.474. The van der Waals surface area contributed by atoms with Crippen LogP contribution in [0.15, 0.2) is 34.9 Å². The molecule has 0 saturated carbocycles. The average molecular weight is 354 g/mol. The van der Waals surface area contributed by atoms with Gasteiger partial charge in [0.25, 0.3) is 0 Å². The predicted molar refractivity (Wildman–Crippen MR) is 93.2 cm³/mol. The minimum Gasteiger partial charge on any atom is -0.345 e. The van der Waals surface area contributed by atoms with Crippen LogP contribution < -0.4 is 0 Å². The summed E-state index contributed by atoms with van der Waals surface area (Å²) in [5, 5.41) is 3.72. The second kappa shape index (κ2) is 6.23. The summed E-state index contributed by atoms with van der Waals surface area (Å²) in [5.74, 6) is 1.00. The molecule has 4 rings (SSSR count). The molecular formula is C19H22N4O3. The fourth-order valence-corrected chi connectivity index (χ4v) is 4.33. The third kappa shape index (κ3) is 2.67. The summed E-state index contributed by atoms with van der Waals surface area (Å²) < 4.78 is 5.06. The first-order valence-electron chi connectivity index (χ1n) is 8.87. The Balaban J connectivity index is 1.56. The van der Waals surface area contributed by atoms with E-state index < -0.39 is 5.41 Å². The molecular weight excluding hydrogens is 332 g/mol. The van der Waals surface area contributed by atoms with Crippen LogP contribution >= 0.6 is 0 Å². The number of hydrogen-bond donors (Lipinski definition) is 0. The van der Waals surface area contributed by atoms with Crippen molar-refractivity contribution in [2.24, 2.45) is 5.41 Å². The molecule has 1 spiro atoms. The fourth-order valence-electron chi connectivity index (χ4n) is 4.33. The molecule has 0 aliphatic carbocycles. The molecule has 2 aliphatic rings. The molecule has 136 valence electrons. The Morgan fingerprint density at radius 3 is 2.81 bits per heavy atom. The van der Waals surface area contributed by atoms with E-state index in [1.54, 1.807) is 16.7 Å². The van der Waals surface area contributed by atoms with E-state index >= 15 is 0 Å². The highest BCUT2D eigenvalue weighted by Crippen LogP contribution is 2.49. The number of rotatable bonds is 3. The van der Waals surface area contributed by atoms with Crippen LogP contribution in [0.4, 0.5) is 0 Å². The Morgan fingerprint density at radius 1 is 1.35 bits per heavy atom.